The summed E-state index contributed by atoms with van der Waals surface area (Å²) in [4.78, 5) is 0. The lowest BCUT2D eigenvalue weighted by Crippen LogP contribution is -2.43. The molecule has 0 heterocycles. The van der Waals surface area contributed by atoms with Gasteiger partial charge in [0.2, 0.25) is 0 Å². The Hall–Kier alpha value is 0.250. The molecule has 0 atom stereocenters. The van der Waals surface area contributed by atoms with Gasteiger partial charge in [-0.1, -0.05) is 12.8 Å². The van der Waals surface area contributed by atoms with Crippen molar-refractivity contribution in [2.45, 2.75) is 45.1 Å². The normalized spacial score (nSPS) is 20.2. The Kier molecular flexibility index (Phi) is 3.85. The first-order valence-electron chi connectivity index (χ1n) is 4.95. The highest BCUT2D eigenvalue weighted by Gasteiger charge is 2.20. The molecular formula is C10H20ClN. The molecule has 1 N–H and O–H groups in total. The summed E-state index contributed by atoms with van der Waals surface area (Å²) in [7, 11) is 0. The van der Waals surface area contributed by atoms with Crippen LogP contribution in [0, 0.1) is 5.92 Å². The highest BCUT2D eigenvalue weighted by Crippen LogP contribution is 2.24. The topological polar surface area (TPSA) is 12.0 Å². The molecule has 0 aromatic rings. The minimum atomic E-state index is 0.115. The molecule has 0 spiro atoms. The fourth-order valence-corrected chi connectivity index (χ4v) is 1.78. The summed E-state index contributed by atoms with van der Waals surface area (Å²) in [5.74, 6) is 1.60. The van der Waals surface area contributed by atoms with Crippen molar-refractivity contribution in [1.29, 1.82) is 0 Å². The van der Waals surface area contributed by atoms with E-state index in [1.54, 1.807) is 0 Å². The van der Waals surface area contributed by atoms with Crippen LogP contribution in [0.4, 0.5) is 0 Å². The van der Waals surface area contributed by atoms with Gasteiger partial charge in [0.25, 0.3) is 0 Å². The lowest BCUT2D eigenvalue weighted by Gasteiger charge is -2.25. The zero-order chi connectivity index (χ0) is 9.03. The van der Waals surface area contributed by atoms with Crippen LogP contribution in [-0.4, -0.2) is 18.0 Å². The predicted octanol–water partition coefficient (Wildman–Crippen LogP) is 2.78. The van der Waals surface area contributed by atoms with Gasteiger partial charge in [-0.15, -0.1) is 11.6 Å². The number of alkyl halides is 1. The highest BCUT2D eigenvalue weighted by atomic mass is 35.5. The molecule has 0 unspecified atom stereocenters. The SMILES string of the molecule is CC(C)(CCl)NCC1CCCC1. The molecule has 12 heavy (non-hydrogen) atoms. The summed E-state index contributed by atoms with van der Waals surface area (Å²) < 4.78 is 0. The number of rotatable bonds is 4. The highest BCUT2D eigenvalue weighted by molar-refractivity contribution is 6.18. The van der Waals surface area contributed by atoms with E-state index in [-0.39, 0.29) is 5.54 Å². The van der Waals surface area contributed by atoms with Gasteiger partial charge in [0.1, 0.15) is 0 Å². The number of hydrogen-bond acceptors (Lipinski definition) is 1. The van der Waals surface area contributed by atoms with E-state index in [1.165, 1.54) is 25.7 Å². The van der Waals surface area contributed by atoms with Gasteiger partial charge >= 0.3 is 0 Å². The summed E-state index contributed by atoms with van der Waals surface area (Å²) in [5.41, 5.74) is 0.115. The maximum Gasteiger partial charge on any atom is 0.0400 e. The van der Waals surface area contributed by atoms with E-state index in [4.69, 9.17) is 11.6 Å². The van der Waals surface area contributed by atoms with Gasteiger partial charge in [-0.3, -0.25) is 0 Å². The van der Waals surface area contributed by atoms with Crippen molar-refractivity contribution in [3.8, 4) is 0 Å². The van der Waals surface area contributed by atoms with Crippen LogP contribution in [0.2, 0.25) is 0 Å². The van der Waals surface area contributed by atoms with Gasteiger partial charge in [-0.25, -0.2) is 0 Å². The molecule has 1 aliphatic rings. The third kappa shape index (κ3) is 3.32. The molecule has 0 saturated heterocycles. The lowest BCUT2D eigenvalue weighted by atomic mass is 10.0. The van der Waals surface area contributed by atoms with Gasteiger partial charge in [-0.05, 0) is 39.2 Å². The molecule has 1 aliphatic carbocycles. The van der Waals surface area contributed by atoms with Crippen LogP contribution in [-0.2, 0) is 0 Å². The van der Waals surface area contributed by atoms with Gasteiger partial charge in [0, 0.05) is 11.4 Å². The molecule has 2 heteroatoms. The first-order valence-corrected chi connectivity index (χ1v) is 5.48. The summed E-state index contributed by atoms with van der Waals surface area (Å²) in [6, 6.07) is 0. The first-order chi connectivity index (χ1) is 5.64. The van der Waals surface area contributed by atoms with Gasteiger partial charge in [-0.2, -0.15) is 0 Å². The maximum atomic E-state index is 5.82. The van der Waals surface area contributed by atoms with Crippen LogP contribution in [0.5, 0.6) is 0 Å². The van der Waals surface area contributed by atoms with Crippen molar-refractivity contribution >= 4 is 11.6 Å². The monoisotopic (exact) mass is 189 g/mol. The number of halogens is 1. The third-order valence-electron chi connectivity index (χ3n) is 2.68. The van der Waals surface area contributed by atoms with Crippen LogP contribution < -0.4 is 5.32 Å². The third-order valence-corrected chi connectivity index (χ3v) is 3.35. The Bertz CT molecular complexity index is 128. The Morgan fingerprint density at radius 2 is 1.92 bits per heavy atom. The summed E-state index contributed by atoms with van der Waals surface area (Å²) in [6.45, 7) is 5.48. The molecule has 1 saturated carbocycles. The van der Waals surface area contributed by atoms with Gasteiger partial charge in [0.15, 0.2) is 0 Å². The molecule has 0 aromatic carbocycles. The van der Waals surface area contributed by atoms with E-state index in [0.717, 1.165) is 12.5 Å². The Balaban J connectivity index is 2.15. The van der Waals surface area contributed by atoms with Crippen molar-refractivity contribution in [3.05, 3.63) is 0 Å². The van der Waals surface area contributed by atoms with E-state index >= 15 is 0 Å². The van der Waals surface area contributed by atoms with Crippen molar-refractivity contribution in [2.75, 3.05) is 12.4 Å². The zero-order valence-corrected chi connectivity index (χ0v) is 8.95. The molecule has 1 fully saturated rings. The van der Waals surface area contributed by atoms with E-state index in [0.29, 0.717) is 5.88 Å². The van der Waals surface area contributed by atoms with Crippen LogP contribution in [0.25, 0.3) is 0 Å². The second kappa shape index (κ2) is 4.48. The van der Waals surface area contributed by atoms with Gasteiger partial charge in [0.05, 0.1) is 0 Å². The lowest BCUT2D eigenvalue weighted by molar-refractivity contribution is 0.377. The fraction of sp³-hybridized carbons (Fsp3) is 1.00. The molecular weight excluding hydrogens is 170 g/mol. The molecule has 72 valence electrons. The van der Waals surface area contributed by atoms with E-state index in [2.05, 4.69) is 19.2 Å². The Labute approximate surface area is 80.9 Å². The smallest absolute Gasteiger partial charge is 0.0400 e. The molecule has 0 radical (unpaired) electrons. The largest absolute Gasteiger partial charge is 0.310 e. The van der Waals surface area contributed by atoms with Crippen LogP contribution in [0.1, 0.15) is 39.5 Å². The van der Waals surface area contributed by atoms with E-state index < -0.39 is 0 Å². The number of nitrogens with one attached hydrogen (secondary N) is 1. The van der Waals surface area contributed by atoms with E-state index in [9.17, 15) is 0 Å². The fourth-order valence-electron chi connectivity index (χ4n) is 1.68. The number of hydrogen-bond donors (Lipinski definition) is 1. The predicted molar refractivity (Wildman–Crippen MR) is 54.8 cm³/mol. The summed E-state index contributed by atoms with van der Waals surface area (Å²) in [6.07, 6.45) is 5.66. The molecule has 0 aromatic heterocycles. The molecule has 0 bridgehead atoms. The average Bonchev–Trinajstić information content (AvgIpc) is 2.53. The quantitative estimate of drug-likeness (QED) is 0.671. The van der Waals surface area contributed by atoms with Crippen LogP contribution >= 0.6 is 11.6 Å². The minimum absolute atomic E-state index is 0.115. The average molecular weight is 190 g/mol. The second-order valence-electron chi connectivity index (χ2n) is 4.55. The van der Waals surface area contributed by atoms with Crippen molar-refractivity contribution in [2.24, 2.45) is 5.92 Å². The summed E-state index contributed by atoms with van der Waals surface area (Å²) in [5, 5.41) is 3.52. The first kappa shape index (κ1) is 10.3. The van der Waals surface area contributed by atoms with Crippen LogP contribution in [0.15, 0.2) is 0 Å². The van der Waals surface area contributed by atoms with Crippen molar-refractivity contribution in [3.63, 3.8) is 0 Å². The Morgan fingerprint density at radius 1 is 1.33 bits per heavy atom. The molecule has 0 aliphatic heterocycles. The standard InChI is InChI=1S/C10H20ClN/c1-10(2,8-11)12-7-9-5-3-4-6-9/h9,12H,3-8H2,1-2H3. The Morgan fingerprint density at radius 3 is 2.42 bits per heavy atom. The minimum Gasteiger partial charge on any atom is -0.310 e. The maximum absolute atomic E-state index is 5.82. The molecule has 1 rings (SSSR count). The van der Waals surface area contributed by atoms with Crippen molar-refractivity contribution in [1.82, 2.24) is 5.32 Å². The molecule has 0 amide bonds. The van der Waals surface area contributed by atoms with Gasteiger partial charge < -0.3 is 5.32 Å². The van der Waals surface area contributed by atoms with Crippen molar-refractivity contribution < 1.29 is 0 Å². The van der Waals surface area contributed by atoms with Crippen LogP contribution in [0.3, 0.4) is 0 Å². The second-order valence-corrected chi connectivity index (χ2v) is 4.82. The molecule has 1 nitrogen and oxygen atoms in total. The zero-order valence-electron chi connectivity index (χ0n) is 8.20. The van der Waals surface area contributed by atoms with E-state index in [1.807, 2.05) is 0 Å². The summed E-state index contributed by atoms with van der Waals surface area (Å²) >= 11 is 5.82.